The molecule has 4 nitrogen and oxygen atoms in total. The number of nitrogens with zero attached hydrogens (tertiary/aromatic N) is 1. The number of nitrogens with one attached hydrogen (secondary N) is 2. The van der Waals surface area contributed by atoms with Gasteiger partial charge >= 0.3 is 6.36 Å². The third-order valence-electron chi connectivity index (χ3n) is 2.82. The average Bonchev–Trinajstić information content (AvgIpc) is 2.65. The van der Waals surface area contributed by atoms with Gasteiger partial charge in [-0.2, -0.15) is 5.10 Å². The van der Waals surface area contributed by atoms with Crippen molar-refractivity contribution in [1.82, 2.24) is 10.2 Å². The normalized spacial score (nSPS) is 11.4. The van der Waals surface area contributed by atoms with E-state index >= 15 is 0 Å². The molecule has 2 rings (SSSR count). The Morgan fingerprint density at radius 1 is 1.30 bits per heavy atom. The standard InChI is InChI=1S/C13H14F3N3O/c1-8-12(9(2)19-18-8)7-17-10-4-3-5-11(6-10)20-13(14,15)16/h3-6,17H,7H2,1-2H3,(H,18,19). The van der Waals surface area contributed by atoms with E-state index in [0.29, 0.717) is 12.2 Å². The predicted octanol–water partition coefficient (Wildman–Crippen LogP) is 3.54. The fourth-order valence-corrected chi connectivity index (χ4v) is 1.83. The number of aryl methyl sites for hydroxylation is 2. The second-order valence-electron chi connectivity index (χ2n) is 4.34. The molecule has 0 aliphatic rings. The molecule has 1 heterocycles. The minimum Gasteiger partial charge on any atom is -0.406 e. The molecule has 1 aromatic carbocycles. The van der Waals surface area contributed by atoms with E-state index in [1.165, 1.54) is 18.2 Å². The molecule has 0 aliphatic heterocycles. The maximum Gasteiger partial charge on any atom is 0.573 e. The van der Waals surface area contributed by atoms with Gasteiger partial charge in [-0.1, -0.05) is 6.07 Å². The molecule has 2 N–H and O–H groups in total. The van der Waals surface area contributed by atoms with E-state index in [4.69, 9.17) is 0 Å². The first kappa shape index (κ1) is 14.2. The number of aromatic nitrogens is 2. The zero-order valence-electron chi connectivity index (χ0n) is 11.0. The van der Waals surface area contributed by atoms with Crippen LogP contribution in [-0.4, -0.2) is 16.6 Å². The van der Waals surface area contributed by atoms with E-state index in [1.54, 1.807) is 6.07 Å². The number of alkyl halides is 3. The number of benzene rings is 1. The molecule has 0 saturated heterocycles. The maximum absolute atomic E-state index is 12.1. The molecule has 0 radical (unpaired) electrons. The second-order valence-corrected chi connectivity index (χ2v) is 4.34. The quantitative estimate of drug-likeness (QED) is 0.903. The third-order valence-corrected chi connectivity index (χ3v) is 2.82. The van der Waals surface area contributed by atoms with Gasteiger partial charge in [-0.25, -0.2) is 0 Å². The largest absolute Gasteiger partial charge is 0.573 e. The number of aromatic amines is 1. The Balaban J connectivity index is 2.05. The highest BCUT2D eigenvalue weighted by molar-refractivity contribution is 5.49. The highest BCUT2D eigenvalue weighted by atomic mass is 19.4. The Kier molecular flexibility index (Phi) is 3.87. The highest BCUT2D eigenvalue weighted by Gasteiger charge is 2.31. The van der Waals surface area contributed by atoms with Crippen LogP contribution in [-0.2, 0) is 6.54 Å². The van der Waals surface area contributed by atoms with Crippen LogP contribution in [0, 0.1) is 13.8 Å². The number of halogens is 3. The summed E-state index contributed by atoms with van der Waals surface area (Å²) < 4.78 is 40.3. The van der Waals surface area contributed by atoms with Crippen molar-refractivity contribution in [3.63, 3.8) is 0 Å². The van der Waals surface area contributed by atoms with Crippen molar-refractivity contribution >= 4 is 5.69 Å². The fourth-order valence-electron chi connectivity index (χ4n) is 1.83. The minimum atomic E-state index is -4.68. The van der Waals surface area contributed by atoms with Crippen molar-refractivity contribution in [3.8, 4) is 5.75 Å². The number of H-pyrrole nitrogens is 1. The summed E-state index contributed by atoms with van der Waals surface area (Å²) >= 11 is 0. The van der Waals surface area contributed by atoms with Crippen LogP contribution < -0.4 is 10.1 Å². The van der Waals surface area contributed by atoms with Crippen LogP contribution in [0.2, 0.25) is 0 Å². The van der Waals surface area contributed by atoms with E-state index < -0.39 is 6.36 Å². The van der Waals surface area contributed by atoms with Gasteiger partial charge in [0.15, 0.2) is 0 Å². The molecule has 20 heavy (non-hydrogen) atoms. The summed E-state index contributed by atoms with van der Waals surface area (Å²) in [6, 6.07) is 5.73. The lowest BCUT2D eigenvalue weighted by molar-refractivity contribution is -0.274. The molecule has 0 amide bonds. The van der Waals surface area contributed by atoms with Crippen molar-refractivity contribution < 1.29 is 17.9 Å². The SMILES string of the molecule is Cc1n[nH]c(C)c1CNc1cccc(OC(F)(F)F)c1. The maximum atomic E-state index is 12.1. The minimum absolute atomic E-state index is 0.247. The Hall–Kier alpha value is -2.18. The van der Waals surface area contributed by atoms with Crippen molar-refractivity contribution in [2.24, 2.45) is 0 Å². The summed E-state index contributed by atoms with van der Waals surface area (Å²) in [5, 5.41) is 9.96. The molecule has 0 bridgehead atoms. The average molecular weight is 285 g/mol. The first-order chi connectivity index (χ1) is 9.35. The van der Waals surface area contributed by atoms with Crippen LogP contribution >= 0.6 is 0 Å². The lowest BCUT2D eigenvalue weighted by Crippen LogP contribution is -2.17. The zero-order chi connectivity index (χ0) is 14.8. The van der Waals surface area contributed by atoms with Gasteiger partial charge < -0.3 is 10.1 Å². The first-order valence-electron chi connectivity index (χ1n) is 5.95. The van der Waals surface area contributed by atoms with Crippen molar-refractivity contribution in [2.75, 3.05) is 5.32 Å². The van der Waals surface area contributed by atoms with Crippen LogP contribution in [0.1, 0.15) is 17.0 Å². The molecule has 0 aliphatic carbocycles. The number of hydrogen-bond acceptors (Lipinski definition) is 3. The summed E-state index contributed by atoms with van der Waals surface area (Å²) in [7, 11) is 0. The van der Waals surface area contributed by atoms with Crippen molar-refractivity contribution in [2.45, 2.75) is 26.8 Å². The molecule has 0 spiro atoms. The topological polar surface area (TPSA) is 49.9 Å². The highest BCUT2D eigenvalue weighted by Crippen LogP contribution is 2.25. The lowest BCUT2D eigenvalue weighted by atomic mass is 10.2. The Morgan fingerprint density at radius 2 is 2.05 bits per heavy atom. The molecule has 1 aromatic heterocycles. The summed E-state index contributed by atoms with van der Waals surface area (Å²) in [6.45, 7) is 4.23. The van der Waals surface area contributed by atoms with Crippen LogP contribution in [0.25, 0.3) is 0 Å². The Bertz CT molecular complexity index is 573. The molecular formula is C13H14F3N3O. The van der Waals surface area contributed by atoms with Crippen molar-refractivity contribution in [1.29, 1.82) is 0 Å². The molecule has 7 heteroatoms. The summed E-state index contributed by atoms with van der Waals surface area (Å²) in [4.78, 5) is 0. The van der Waals surface area contributed by atoms with Crippen LogP contribution in [0.5, 0.6) is 5.75 Å². The van der Waals surface area contributed by atoms with E-state index in [-0.39, 0.29) is 5.75 Å². The summed E-state index contributed by atoms with van der Waals surface area (Å²) in [6.07, 6.45) is -4.68. The van der Waals surface area contributed by atoms with Gasteiger partial charge in [0.1, 0.15) is 5.75 Å². The van der Waals surface area contributed by atoms with Gasteiger partial charge in [0.2, 0.25) is 0 Å². The molecular weight excluding hydrogens is 271 g/mol. The van der Waals surface area contributed by atoms with Crippen molar-refractivity contribution in [3.05, 3.63) is 41.2 Å². The molecule has 0 atom stereocenters. The number of ether oxygens (including phenoxy) is 1. The molecule has 2 aromatic rings. The van der Waals surface area contributed by atoms with E-state index in [9.17, 15) is 13.2 Å². The van der Waals surface area contributed by atoms with Gasteiger partial charge in [-0.05, 0) is 26.0 Å². The Labute approximate surface area is 114 Å². The molecule has 0 saturated carbocycles. The number of rotatable bonds is 4. The monoisotopic (exact) mass is 285 g/mol. The third kappa shape index (κ3) is 3.66. The van der Waals surface area contributed by atoms with E-state index in [2.05, 4.69) is 20.3 Å². The summed E-state index contributed by atoms with van der Waals surface area (Å²) in [5.74, 6) is -0.247. The smallest absolute Gasteiger partial charge is 0.406 e. The number of hydrogen-bond donors (Lipinski definition) is 2. The van der Waals surface area contributed by atoms with Gasteiger partial charge in [-0.3, -0.25) is 5.10 Å². The fraction of sp³-hybridized carbons (Fsp3) is 0.308. The molecule has 0 unspecified atom stereocenters. The second kappa shape index (κ2) is 5.44. The first-order valence-corrected chi connectivity index (χ1v) is 5.95. The van der Waals surface area contributed by atoms with Crippen LogP contribution in [0.4, 0.5) is 18.9 Å². The van der Waals surface area contributed by atoms with E-state index in [1.807, 2.05) is 13.8 Å². The van der Waals surface area contributed by atoms with E-state index in [0.717, 1.165) is 17.0 Å². The van der Waals surface area contributed by atoms with Gasteiger partial charge in [0.05, 0.1) is 5.69 Å². The number of anilines is 1. The van der Waals surface area contributed by atoms with Gasteiger partial charge in [0.25, 0.3) is 0 Å². The van der Waals surface area contributed by atoms with Gasteiger partial charge in [-0.15, -0.1) is 13.2 Å². The zero-order valence-corrected chi connectivity index (χ0v) is 11.0. The summed E-state index contributed by atoms with van der Waals surface area (Å²) in [5.41, 5.74) is 3.33. The molecule has 108 valence electrons. The molecule has 0 fully saturated rings. The predicted molar refractivity (Wildman–Crippen MR) is 68.5 cm³/mol. The Morgan fingerprint density at radius 3 is 2.65 bits per heavy atom. The lowest BCUT2D eigenvalue weighted by Gasteiger charge is -2.11. The van der Waals surface area contributed by atoms with Crippen LogP contribution in [0.3, 0.4) is 0 Å². The van der Waals surface area contributed by atoms with Crippen LogP contribution in [0.15, 0.2) is 24.3 Å². The van der Waals surface area contributed by atoms with Gasteiger partial charge in [0, 0.05) is 29.6 Å².